The molecule has 1 aromatic heterocycles. The number of aromatic nitrogens is 1. The number of amides is 1. The maximum absolute atomic E-state index is 12.8. The number of hydrogen-bond donors (Lipinski definition) is 1. The molecule has 25 heavy (non-hydrogen) atoms. The number of carbonyl (C=O) groups excluding carboxylic acids is 1. The van der Waals surface area contributed by atoms with Crippen LogP contribution in [0, 0.1) is 5.92 Å². The summed E-state index contributed by atoms with van der Waals surface area (Å²) < 4.78 is 0. The number of piperidine rings is 1. The molecule has 0 spiro atoms. The molecule has 1 amide bonds. The van der Waals surface area contributed by atoms with E-state index in [0.717, 1.165) is 54.9 Å². The van der Waals surface area contributed by atoms with E-state index in [2.05, 4.69) is 10.3 Å². The van der Waals surface area contributed by atoms with Crippen LogP contribution in [0.5, 0.6) is 0 Å². The van der Waals surface area contributed by atoms with Crippen molar-refractivity contribution < 1.29 is 4.79 Å². The van der Waals surface area contributed by atoms with Crippen LogP contribution in [0.4, 0.5) is 0 Å². The number of hydrogen-bond acceptors (Lipinski definition) is 3. The Hall–Kier alpha value is -1.36. The van der Waals surface area contributed by atoms with Gasteiger partial charge in [-0.2, -0.15) is 0 Å². The van der Waals surface area contributed by atoms with Crippen molar-refractivity contribution in [3.63, 3.8) is 0 Å². The van der Waals surface area contributed by atoms with E-state index in [1.807, 2.05) is 35.2 Å². The minimum absolute atomic E-state index is 0. The van der Waals surface area contributed by atoms with E-state index >= 15 is 0 Å². The van der Waals surface area contributed by atoms with Crippen LogP contribution >= 0.6 is 24.8 Å². The summed E-state index contributed by atoms with van der Waals surface area (Å²) in [5.41, 5.74) is 1.72. The highest BCUT2D eigenvalue weighted by atomic mass is 35.5. The molecule has 1 N–H and O–H groups in total. The first-order valence-corrected chi connectivity index (χ1v) is 8.69. The summed E-state index contributed by atoms with van der Waals surface area (Å²) in [5.74, 6) is 0.899. The van der Waals surface area contributed by atoms with Crippen LogP contribution in [0.2, 0.25) is 0 Å². The van der Waals surface area contributed by atoms with E-state index < -0.39 is 0 Å². The Labute approximate surface area is 161 Å². The van der Waals surface area contributed by atoms with Crippen molar-refractivity contribution in [1.82, 2.24) is 15.2 Å². The summed E-state index contributed by atoms with van der Waals surface area (Å²) in [6, 6.07) is 10.4. The Morgan fingerprint density at radius 2 is 1.92 bits per heavy atom. The Bertz CT molecular complexity index is 711. The highest BCUT2D eigenvalue weighted by Crippen LogP contribution is 2.26. The number of rotatable bonds is 2. The molecule has 3 heterocycles. The molecule has 1 aromatic carbocycles. The van der Waals surface area contributed by atoms with Gasteiger partial charge in [-0.25, -0.2) is 0 Å². The quantitative estimate of drug-likeness (QED) is 0.862. The van der Waals surface area contributed by atoms with Gasteiger partial charge in [0, 0.05) is 36.3 Å². The zero-order chi connectivity index (χ0) is 15.6. The molecule has 0 radical (unpaired) electrons. The third-order valence-corrected chi connectivity index (χ3v) is 5.34. The topological polar surface area (TPSA) is 45.2 Å². The molecule has 0 aliphatic carbocycles. The number of halogens is 2. The van der Waals surface area contributed by atoms with E-state index in [1.54, 1.807) is 6.20 Å². The fraction of sp³-hybridized carbons (Fsp3) is 0.474. The van der Waals surface area contributed by atoms with Gasteiger partial charge in [0.1, 0.15) is 0 Å². The summed E-state index contributed by atoms with van der Waals surface area (Å²) in [5, 5.41) is 4.64. The van der Waals surface area contributed by atoms with Crippen molar-refractivity contribution in [3.05, 3.63) is 42.1 Å². The molecule has 0 bridgehead atoms. The molecular weight excluding hydrogens is 357 g/mol. The normalized spacial score (nSPS) is 20.8. The monoisotopic (exact) mass is 381 g/mol. The standard InChI is InChI=1S/C19H23N3O.2ClH/c23-19(16-5-6-18-15(13-16)3-1-9-21-18)22-11-7-14(8-12-22)17-4-2-10-20-17;;/h1,3,5-6,9,13-14,17,20H,2,4,7-8,10-12H2;2*1H. The predicted octanol–water partition coefficient (Wildman–Crippen LogP) is 3.68. The molecule has 4 nitrogen and oxygen atoms in total. The molecule has 2 aromatic rings. The maximum atomic E-state index is 12.8. The number of pyridine rings is 1. The molecule has 2 fully saturated rings. The second kappa shape index (κ2) is 8.84. The van der Waals surface area contributed by atoms with Crippen molar-refractivity contribution in [2.45, 2.75) is 31.7 Å². The molecule has 2 aliphatic heterocycles. The first-order chi connectivity index (χ1) is 11.3. The van der Waals surface area contributed by atoms with Gasteiger partial charge in [0.15, 0.2) is 0 Å². The van der Waals surface area contributed by atoms with Gasteiger partial charge in [0.25, 0.3) is 5.91 Å². The van der Waals surface area contributed by atoms with Gasteiger partial charge in [0.2, 0.25) is 0 Å². The van der Waals surface area contributed by atoms with Crippen LogP contribution in [0.15, 0.2) is 36.5 Å². The first kappa shape index (κ1) is 20.0. The van der Waals surface area contributed by atoms with Crippen molar-refractivity contribution in [2.24, 2.45) is 5.92 Å². The van der Waals surface area contributed by atoms with Crippen LogP contribution < -0.4 is 5.32 Å². The van der Waals surface area contributed by atoms with Gasteiger partial charge in [0.05, 0.1) is 5.52 Å². The number of benzene rings is 1. The summed E-state index contributed by atoms with van der Waals surface area (Å²) >= 11 is 0. The lowest BCUT2D eigenvalue weighted by Crippen LogP contribution is -2.43. The van der Waals surface area contributed by atoms with E-state index in [9.17, 15) is 4.79 Å². The lowest BCUT2D eigenvalue weighted by atomic mass is 9.88. The molecule has 1 unspecified atom stereocenters. The van der Waals surface area contributed by atoms with Gasteiger partial charge in [-0.3, -0.25) is 9.78 Å². The molecule has 136 valence electrons. The van der Waals surface area contributed by atoms with Crippen LogP contribution in [0.25, 0.3) is 10.9 Å². The van der Waals surface area contributed by atoms with Crippen molar-refractivity contribution in [3.8, 4) is 0 Å². The van der Waals surface area contributed by atoms with Gasteiger partial charge < -0.3 is 10.2 Å². The lowest BCUT2D eigenvalue weighted by Gasteiger charge is -2.35. The van der Waals surface area contributed by atoms with E-state index in [0.29, 0.717) is 6.04 Å². The summed E-state index contributed by atoms with van der Waals surface area (Å²) in [4.78, 5) is 19.1. The average molecular weight is 382 g/mol. The number of fused-ring (bicyclic) bond motifs is 1. The van der Waals surface area contributed by atoms with Crippen LogP contribution in [0.3, 0.4) is 0 Å². The van der Waals surface area contributed by atoms with Crippen LogP contribution in [0.1, 0.15) is 36.0 Å². The fourth-order valence-corrected chi connectivity index (χ4v) is 4.01. The molecule has 4 rings (SSSR count). The number of nitrogens with one attached hydrogen (secondary N) is 1. The zero-order valence-electron chi connectivity index (χ0n) is 14.2. The minimum Gasteiger partial charge on any atom is -0.339 e. The van der Waals surface area contributed by atoms with E-state index in [1.165, 1.54) is 12.8 Å². The SMILES string of the molecule is Cl.Cl.O=C(c1ccc2ncccc2c1)N1CCC(C2CCCN2)CC1. The minimum atomic E-state index is 0. The molecule has 6 heteroatoms. The van der Waals surface area contributed by atoms with Crippen molar-refractivity contribution in [2.75, 3.05) is 19.6 Å². The summed E-state index contributed by atoms with van der Waals surface area (Å²) in [6.07, 6.45) is 6.63. The van der Waals surface area contributed by atoms with E-state index in [4.69, 9.17) is 0 Å². The smallest absolute Gasteiger partial charge is 0.253 e. The summed E-state index contributed by atoms with van der Waals surface area (Å²) in [6.45, 7) is 2.93. The molecule has 2 aliphatic rings. The average Bonchev–Trinajstić information content (AvgIpc) is 3.15. The molecule has 2 saturated heterocycles. The third kappa shape index (κ3) is 4.25. The first-order valence-electron chi connectivity index (χ1n) is 8.69. The Balaban J connectivity index is 0.00000113. The molecular formula is C19H25Cl2N3O. The maximum Gasteiger partial charge on any atom is 0.253 e. The molecule has 0 saturated carbocycles. The Morgan fingerprint density at radius 3 is 2.64 bits per heavy atom. The second-order valence-corrected chi connectivity index (χ2v) is 6.74. The zero-order valence-corrected chi connectivity index (χ0v) is 15.8. The predicted molar refractivity (Wildman–Crippen MR) is 106 cm³/mol. The number of likely N-dealkylation sites (tertiary alicyclic amines) is 1. The highest BCUT2D eigenvalue weighted by Gasteiger charge is 2.30. The Kier molecular flexibility index (Phi) is 7.05. The van der Waals surface area contributed by atoms with Crippen molar-refractivity contribution in [1.29, 1.82) is 0 Å². The third-order valence-electron chi connectivity index (χ3n) is 5.34. The van der Waals surface area contributed by atoms with Gasteiger partial charge in [-0.1, -0.05) is 6.07 Å². The fourth-order valence-electron chi connectivity index (χ4n) is 4.01. The highest BCUT2D eigenvalue weighted by molar-refractivity contribution is 5.98. The lowest BCUT2D eigenvalue weighted by molar-refractivity contribution is 0.0674. The van der Waals surface area contributed by atoms with Crippen LogP contribution in [-0.2, 0) is 0 Å². The van der Waals surface area contributed by atoms with Crippen LogP contribution in [-0.4, -0.2) is 41.5 Å². The number of carbonyl (C=O) groups is 1. The second-order valence-electron chi connectivity index (χ2n) is 6.74. The Morgan fingerprint density at radius 1 is 1.12 bits per heavy atom. The largest absolute Gasteiger partial charge is 0.339 e. The molecule has 1 atom stereocenters. The van der Waals surface area contributed by atoms with Gasteiger partial charge in [-0.05, 0) is 62.4 Å². The van der Waals surface area contributed by atoms with Gasteiger partial charge >= 0.3 is 0 Å². The van der Waals surface area contributed by atoms with Crippen molar-refractivity contribution >= 4 is 41.6 Å². The van der Waals surface area contributed by atoms with Gasteiger partial charge in [-0.15, -0.1) is 24.8 Å². The number of nitrogens with zero attached hydrogens (tertiary/aromatic N) is 2. The summed E-state index contributed by atoms with van der Waals surface area (Å²) in [7, 11) is 0. The van der Waals surface area contributed by atoms with E-state index in [-0.39, 0.29) is 30.7 Å².